The van der Waals surface area contributed by atoms with Gasteiger partial charge in [-0.25, -0.2) is 0 Å². The average Bonchev–Trinajstić information content (AvgIpc) is 2.90. The fourth-order valence-corrected chi connectivity index (χ4v) is 3.86. The van der Waals surface area contributed by atoms with Crippen molar-refractivity contribution in [3.05, 3.63) is 63.5 Å². The monoisotopic (exact) mass is 404 g/mol. The van der Waals surface area contributed by atoms with Crippen LogP contribution in [-0.2, 0) is 4.79 Å². The summed E-state index contributed by atoms with van der Waals surface area (Å²) in [5.41, 5.74) is 2.85. The van der Waals surface area contributed by atoms with Crippen molar-refractivity contribution in [1.29, 1.82) is 0 Å². The second kappa shape index (κ2) is 8.12. The number of nitrogens with one attached hydrogen (secondary N) is 1. The molecule has 0 aromatic heterocycles. The van der Waals surface area contributed by atoms with Gasteiger partial charge in [0.25, 0.3) is 5.91 Å². The molecule has 26 heavy (non-hydrogen) atoms. The maximum Gasteiger partial charge on any atom is 0.267 e. The highest BCUT2D eigenvalue weighted by atomic mass is 35.5. The van der Waals surface area contributed by atoms with Crippen LogP contribution in [0.2, 0.25) is 5.02 Å². The molecule has 0 spiro atoms. The summed E-state index contributed by atoms with van der Waals surface area (Å²) in [5, 5.41) is 3.87. The van der Waals surface area contributed by atoms with Crippen LogP contribution in [0.25, 0.3) is 6.08 Å². The Bertz CT molecular complexity index is 882. The number of halogens is 1. The minimum absolute atomic E-state index is 0.108. The topological polar surface area (TPSA) is 41.6 Å². The van der Waals surface area contributed by atoms with Gasteiger partial charge >= 0.3 is 0 Å². The SMILES string of the molecule is COc1ccc(/C=C2/SC(=S)N(CNc3cc(Cl)ccc3C)C2=O)cc1. The summed E-state index contributed by atoms with van der Waals surface area (Å²) < 4.78 is 5.68. The van der Waals surface area contributed by atoms with E-state index in [0.717, 1.165) is 22.6 Å². The lowest BCUT2D eigenvalue weighted by atomic mass is 10.2. The first kappa shape index (κ1) is 18.8. The first-order valence-electron chi connectivity index (χ1n) is 7.87. The van der Waals surface area contributed by atoms with Crippen LogP contribution < -0.4 is 10.1 Å². The Morgan fingerprint density at radius 2 is 2.00 bits per heavy atom. The van der Waals surface area contributed by atoms with Crippen molar-refractivity contribution in [2.75, 3.05) is 19.1 Å². The van der Waals surface area contributed by atoms with Gasteiger partial charge in [-0.05, 0) is 48.4 Å². The Morgan fingerprint density at radius 3 is 2.69 bits per heavy atom. The minimum atomic E-state index is -0.108. The maximum absolute atomic E-state index is 12.7. The summed E-state index contributed by atoms with van der Waals surface area (Å²) >= 11 is 12.7. The fourth-order valence-electron chi connectivity index (χ4n) is 2.44. The molecule has 1 fully saturated rings. The molecule has 0 bridgehead atoms. The zero-order chi connectivity index (χ0) is 18.7. The van der Waals surface area contributed by atoms with Crippen LogP contribution in [0.3, 0.4) is 0 Å². The highest BCUT2D eigenvalue weighted by molar-refractivity contribution is 8.26. The van der Waals surface area contributed by atoms with E-state index in [1.165, 1.54) is 11.8 Å². The minimum Gasteiger partial charge on any atom is -0.497 e. The Balaban J connectivity index is 1.72. The summed E-state index contributed by atoms with van der Waals surface area (Å²) in [5.74, 6) is 0.666. The van der Waals surface area contributed by atoms with Gasteiger partial charge in [0.2, 0.25) is 0 Å². The Hall–Kier alpha value is -2.02. The van der Waals surface area contributed by atoms with E-state index in [1.807, 2.05) is 55.5 Å². The molecular formula is C19H17ClN2O2S2. The van der Waals surface area contributed by atoms with Gasteiger partial charge < -0.3 is 10.1 Å². The third-order valence-corrected chi connectivity index (χ3v) is 5.53. The number of thiocarbonyl (C=S) groups is 1. The van der Waals surface area contributed by atoms with Crippen LogP contribution in [0.4, 0.5) is 5.69 Å². The fraction of sp³-hybridized carbons (Fsp3) is 0.158. The van der Waals surface area contributed by atoms with Gasteiger partial charge in [0.15, 0.2) is 0 Å². The number of rotatable bonds is 5. The lowest BCUT2D eigenvalue weighted by Crippen LogP contribution is -2.33. The largest absolute Gasteiger partial charge is 0.497 e. The lowest BCUT2D eigenvalue weighted by Gasteiger charge is -2.17. The third kappa shape index (κ3) is 4.20. The molecule has 2 aromatic carbocycles. The van der Waals surface area contributed by atoms with E-state index in [2.05, 4.69) is 5.32 Å². The summed E-state index contributed by atoms with van der Waals surface area (Å²) in [4.78, 5) is 14.8. The number of carbonyl (C=O) groups excluding carboxylic acids is 1. The van der Waals surface area contributed by atoms with E-state index in [9.17, 15) is 4.79 Å². The summed E-state index contributed by atoms with van der Waals surface area (Å²) in [6, 6.07) is 13.1. The molecular weight excluding hydrogens is 388 g/mol. The predicted octanol–water partition coefficient (Wildman–Crippen LogP) is 4.93. The molecule has 4 nitrogen and oxygen atoms in total. The number of ether oxygens (including phenoxy) is 1. The second-order valence-corrected chi connectivity index (χ2v) is 7.79. The number of thioether (sulfide) groups is 1. The molecule has 1 N–H and O–H groups in total. The maximum atomic E-state index is 12.7. The molecule has 0 aliphatic carbocycles. The second-order valence-electron chi connectivity index (χ2n) is 5.68. The average molecular weight is 405 g/mol. The number of carbonyl (C=O) groups is 1. The normalized spacial score (nSPS) is 15.7. The number of amides is 1. The van der Waals surface area contributed by atoms with Crippen LogP contribution >= 0.6 is 35.6 Å². The number of hydrogen-bond acceptors (Lipinski definition) is 5. The number of benzene rings is 2. The van der Waals surface area contributed by atoms with Gasteiger partial charge in [-0.3, -0.25) is 9.69 Å². The standard InChI is InChI=1S/C19H17ClN2O2S2/c1-12-3-6-14(20)10-16(12)21-11-22-18(23)17(26-19(22)25)9-13-4-7-15(24-2)8-5-13/h3-10,21H,11H2,1-2H3/b17-9+. The molecule has 0 saturated carbocycles. The van der Waals surface area contributed by atoms with Crippen LogP contribution in [0.15, 0.2) is 47.4 Å². The van der Waals surface area contributed by atoms with Crippen molar-refractivity contribution >= 4 is 57.6 Å². The molecule has 3 rings (SSSR count). The smallest absolute Gasteiger partial charge is 0.267 e. The molecule has 0 unspecified atom stereocenters. The van der Waals surface area contributed by atoms with Gasteiger partial charge in [0.05, 0.1) is 18.7 Å². The van der Waals surface area contributed by atoms with E-state index < -0.39 is 0 Å². The van der Waals surface area contributed by atoms with Gasteiger partial charge in [0, 0.05) is 10.7 Å². The van der Waals surface area contributed by atoms with Crippen LogP contribution in [-0.4, -0.2) is 28.9 Å². The van der Waals surface area contributed by atoms with E-state index in [-0.39, 0.29) is 5.91 Å². The molecule has 134 valence electrons. The van der Waals surface area contributed by atoms with E-state index in [0.29, 0.717) is 20.9 Å². The molecule has 1 aliphatic rings. The molecule has 2 aromatic rings. The van der Waals surface area contributed by atoms with Crippen molar-refractivity contribution < 1.29 is 9.53 Å². The number of aryl methyl sites for hydroxylation is 1. The first-order chi connectivity index (χ1) is 12.5. The quantitative estimate of drug-likeness (QED) is 0.565. The summed E-state index contributed by atoms with van der Waals surface area (Å²) in [6.45, 7) is 2.28. The molecule has 1 aliphatic heterocycles. The molecule has 0 atom stereocenters. The van der Waals surface area contributed by atoms with E-state index >= 15 is 0 Å². The van der Waals surface area contributed by atoms with E-state index in [4.69, 9.17) is 28.6 Å². The van der Waals surface area contributed by atoms with Crippen molar-refractivity contribution in [1.82, 2.24) is 4.90 Å². The van der Waals surface area contributed by atoms with Crippen LogP contribution in [0.1, 0.15) is 11.1 Å². The first-order valence-corrected chi connectivity index (χ1v) is 9.47. The molecule has 7 heteroatoms. The number of nitrogens with zero attached hydrogens (tertiary/aromatic N) is 1. The zero-order valence-corrected chi connectivity index (χ0v) is 16.7. The molecule has 1 heterocycles. The highest BCUT2D eigenvalue weighted by Crippen LogP contribution is 2.33. The van der Waals surface area contributed by atoms with Crippen molar-refractivity contribution in [2.45, 2.75) is 6.92 Å². The van der Waals surface area contributed by atoms with E-state index in [1.54, 1.807) is 12.0 Å². The third-order valence-electron chi connectivity index (χ3n) is 3.91. The lowest BCUT2D eigenvalue weighted by molar-refractivity contribution is -0.121. The highest BCUT2D eigenvalue weighted by Gasteiger charge is 2.31. The van der Waals surface area contributed by atoms with Gasteiger partial charge in [0.1, 0.15) is 10.1 Å². The van der Waals surface area contributed by atoms with Gasteiger partial charge in [-0.15, -0.1) is 0 Å². The van der Waals surface area contributed by atoms with Crippen LogP contribution in [0.5, 0.6) is 5.75 Å². The van der Waals surface area contributed by atoms with Gasteiger partial charge in [-0.1, -0.05) is 53.8 Å². The number of methoxy groups -OCH3 is 1. The Morgan fingerprint density at radius 1 is 1.27 bits per heavy atom. The zero-order valence-electron chi connectivity index (χ0n) is 14.3. The summed E-state index contributed by atoms with van der Waals surface area (Å²) in [7, 11) is 1.62. The summed E-state index contributed by atoms with van der Waals surface area (Å²) in [6.07, 6.45) is 1.84. The Kier molecular flexibility index (Phi) is 5.86. The molecule has 1 saturated heterocycles. The van der Waals surface area contributed by atoms with Crippen molar-refractivity contribution in [3.63, 3.8) is 0 Å². The van der Waals surface area contributed by atoms with Crippen molar-refractivity contribution in [3.8, 4) is 5.75 Å². The number of anilines is 1. The predicted molar refractivity (Wildman–Crippen MR) is 113 cm³/mol. The Labute approximate surface area is 167 Å². The van der Waals surface area contributed by atoms with Crippen LogP contribution in [0, 0.1) is 6.92 Å². The van der Waals surface area contributed by atoms with Crippen molar-refractivity contribution in [2.24, 2.45) is 0 Å². The molecule has 0 radical (unpaired) electrons. The molecule has 1 amide bonds. The van der Waals surface area contributed by atoms with Gasteiger partial charge in [-0.2, -0.15) is 0 Å². The number of hydrogen-bond donors (Lipinski definition) is 1.